The second-order valence-electron chi connectivity index (χ2n) is 3.92. The van der Waals surface area contributed by atoms with Crippen LogP contribution in [0.25, 0.3) is 0 Å². The lowest BCUT2D eigenvalue weighted by molar-refractivity contribution is -0.139. The van der Waals surface area contributed by atoms with Crippen LogP contribution in [0.1, 0.15) is 30.9 Å². The summed E-state index contributed by atoms with van der Waals surface area (Å²) in [6.45, 7) is 5.82. The van der Waals surface area contributed by atoms with Crippen molar-refractivity contribution in [2.45, 2.75) is 26.7 Å². The van der Waals surface area contributed by atoms with Crippen LogP contribution in [-0.4, -0.2) is 11.1 Å². The van der Waals surface area contributed by atoms with E-state index in [1.807, 2.05) is 45.0 Å². The third-order valence-electron chi connectivity index (χ3n) is 2.46. The predicted octanol–water partition coefficient (Wildman–Crippen LogP) is 2.82. The van der Waals surface area contributed by atoms with E-state index in [2.05, 4.69) is 0 Å². The molecule has 1 aromatic carbocycles. The molecule has 0 amide bonds. The molecule has 0 heterocycles. The zero-order chi connectivity index (χ0) is 10.7. The van der Waals surface area contributed by atoms with Crippen LogP contribution in [0.5, 0.6) is 0 Å². The number of carboxylic acids is 1. The second kappa shape index (κ2) is 4.27. The van der Waals surface area contributed by atoms with Gasteiger partial charge in [-0.25, -0.2) is 0 Å². The first-order valence-corrected chi connectivity index (χ1v) is 4.82. The van der Waals surface area contributed by atoms with E-state index in [0.29, 0.717) is 0 Å². The number of aliphatic carboxylic acids is 1. The summed E-state index contributed by atoms with van der Waals surface area (Å²) in [6, 6.07) is 7.67. The molecular formula is C12H16O2. The highest BCUT2D eigenvalue weighted by Gasteiger charge is 2.24. The van der Waals surface area contributed by atoms with Gasteiger partial charge in [0, 0.05) is 0 Å². The van der Waals surface area contributed by atoms with Gasteiger partial charge in [0.05, 0.1) is 5.92 Å². The number of hydrogen-bond donors (Lipinski definition) is 1. The number of benzene rings is 1. The van der Waals surface area contributed by atoms with Crippen LogP contribution in [-0.2, 0) is 4.79 Å². The van der Waals surface area contributed by atoms with Gasteiger partial charge in [0.1, 0.15) is 0 Å². The minimum Gasteiger partial charge on any atom is -0.481 e. The van der Waals surface area contributed by atoms with Crippen molar-refractivity contribution in [3.05, 3.63) is 35.4 Å². The summed E-state index contributed by atoms with van der Waals surface area (Å²) in [5.74, 6) is -1.01. The first kappa shape index (κ1) is 10.8. The molecule has 1 atom stereocenters. The highest BCUT2D eigenvalue weighted by molar-refractivity contribution is 5.76. The van der Waals surface area contributed by atoms with Crippen molar-refractivity contribution in [3.63, 3.8) is 0 Å². The Balaban J connectivity index is 3.12. The average molecular weight is 192 g/mol. The summed E-state index contributed by atoms with van der Waals surface area (Å²) >= 11 is 0. The van der Waals surface area contributed by atoms with E-state index < -0.39 is 11.9 Å². The van der Waals surface area contributed by atoms with Crippen molar-refractivity contribution >= 4 is 5.97 Å². The number of aryl methyl sites for hydroxylation is 1. The SMILES string of the molecule is Cc1ccccc1C(C(=O)O)C(C)C. The third-order valence-corrected chi connectivity index (χ3v) is 2.46. The van der Waals surface area contributed by atoms with Crippen LogP contribution >= 0.6 is 0 Å². The van der Waals surface area contributed by atoms with Gasteiger partial charge in [-0.2, -0.15) is 0 Å². The quantitative estimate of drug-likeness (QED) is 0.799. The van der Waals surface area contributed by atoms with Crippen molar-refractivity contribution in [1.29, 1.82) is 0 Å². The number of rotatable bonds is 3. The topological polar surface area (TPSA) is 37.3 Å². The fraction of sp³-hybridized carbons (Fsp3) is 0.417. The van der Waals surface area contributed by atoms with Crippen molar-refractivity contribution in [2.24, 2.45) is 5.92 Å². The second-order valence-corrected chi connectivity index (χ2v) is 3.92. The van der Waals surface area contributed by atoms with E-state index in [0.717, 1.165) is 11.1 Å². The van der Waals surface area contributed by atoms with E-state index in [1.165, 1.54) is 0 Å². The predicted molar refractivity (Wildman–Crippen MR) is 56.4 cm³/mol. The summed E-state index contributed by atoms with van der Waals surface area (Å²) < 4.78 is 0. The van der Waals surface area contributed by atoms with Crippen LogP contribution in [0.3, 0.4) is 0 Å². The van der Waals surface area contributed by atoms with Gasteiger partial charge in [-0.3, -0.25) is 4.79 Å². The van der Waals surface area contributed by atoms with Crippen LogP contribution in [0.4, 0.5) is 0 Å². The summed E-state index contributed by atoms with van der Waals surface area (Å²) in [6.07, 6.45) is 0. The average Bonchev–Trinajstić information content (AvgIpc) is 2.07. The van der Waals surface area contributed by atoms with Gasteiger partial charge in [-0.05, 0) is 24.0 Å². The Morgan fingerprint density at radius 2 is 1.86 bits per heavy atom. The fourth-order valence-electron chi connectivity index (χ4n) is 1.71. The number of hydrogen-bond acceptors (Lipinski definition) is 1. The van der Waals surface area contributed by atoms with Crippen molar-refractivity contribution < 1.29 is 9.90 Å². The molecule has 0 saturated heterocycles. The highest BCUT2D eigenvalue weighted by atomic mass is 16.4. The van der Waals surface area contributed by atoms with Crippen LogP contribution in [0.15, 0.2) is 24.3 Å². The molecule has 1 N–H and O–H groups in total. The van der Waals surface area contributed by atoms with Crippen molar-refractivity contribution in [1.82, 2.24) is 0 Å². The monoisotopic (exact) mass is 192 g/mol. The first-order valence-electron chi connectivity index (χ1n) is 4.82. The molecule has 2 heteroatoms. The summed E-state index contributed by atoms with van der Waals surface area (Å²) in [7, 11) is 0. The zero-order valence-corrected chi connectivity index (χ0v) is 8.82. The Morgan fingerprint density at radius 3 is 2.29 bits per heavy atom. The van der Waals surface area contributed by atoms with E-state index in [-0.39, 0.29) is 5.92 Å². The summed E-state index contributed by atoms with van der Waals surface area (Å²) in [5, 5.41) is 9.12. The third kappa shape index (κ3) is 2.13. The fourth-order valence-corrected chi connectivity index (χ4v) is 1.71. The van der Waals surface area contributed by atoms with Crippen LogP contribution in [0.2, 0.25) is 0 Å². The lowest BCUT2D eigenvalue weighted by Gasteiger charge is -2.18. The summed E-state index contributed by atoms with van der Waals surface area (Å²) in [4.78, 5) is 11.1. The maximum atomic E-state index is 11.1. The largest absolute Gasteiger partial charge is 0.481 e. The molecule has 1 aromatic rings. The molecule has 0 aliphatic rings. The molecule has 14 heavy (non-hydrogen) atoms. The minimum atomic E-state index is -0.741. The van der Waals surface area contributed by atoms with E-state index >= 15 is 0 Å². The molecule has 0 bridgehead atoms. The standard InChI is InChI=1S/C12H16O2/c1-8(2)11(12(13)14)10-7-5-4-6-9(10)3/h4-8,11H,1-3H3,(H,13,14). The van der Waals surface area contributed by atoms with E-state index in [9.17, 15) is 4.79 Å². The molecule has 1 rings (SSSR count). The maximum absolute atomic E-state index is 11.1. The van der Waals surface area contributed by atoms with Crippen molar-refractivity contribution in [3.8, 4) is 0 Å². The minimum absolute atomic E-state index is 0.119. The number of carbonyl (C=O) groups is 1. The molecule has 0 radical (unpaired) electrons. The summed E-state index contributed by atoms with van der Waals surface area (Å²) in [5.41, 5.74) is 1.98. The molecule has 0 spiro atoms. The maximum Gasteiger partial charge on any atom is 0.311 e. The van der Waals surface area contributed by atoms with Gasteiger partial charge in [0.25, 0.3) is 0 Å². The van der Waals surface area contributed by atoms with Gasteiger partial charge < -0.3 is 5.11 Å². The van der Waals surface area contributed by atoms with Gasteiger partial charge >= 0.3 is 5.97 Å². The molecule has 76 valence electrons. The smallest absolute Gasteiger partial charge is 0.311 e. The number of carboxylic acid groups (broad SMARTS) is 1. The van der Waals surface area contributed by atoms with Crippen LogP contribution < -0.4 is 0 Å². The van der Waals surface area contributed by atoms with Crippen molar-refractivity contribution in [2.75, 3.05) is 0 Å². The molecule has 0 aliphatic heterocycles. The molecular weight excluding hydrogens is 176 g/mol. The Hall–Kier alpha value is -1.31. The van der Waals surface area contributed by atoms with Gasteiger partial charge in [0.15, 0.2) is 0 Å². The lowest BCUT2D eigenvalue weighted by Crippen LogP contribution is -2.18. The van der Waals surface area contributed by atoms with E-state index in [4.69, 9.17) is 5.11 Å². The lowest BCUT2D eigenvalue weighted by atomic mass is 9.86. The van der Waals surface area contributed by atoms with Gasteiger partial charge in [-0.1, -0.05) is 38.1 Å². The van der Waals surface area contributed by atoms with Gasteiger partial charge in [-0.15, -0.1) is 0 Å². The Morgan fingerprint density at radius 1 is 1.29 bits per heavy atom. The zero-order valence-electron chi connectivity index (χ0n) is 8.82. The Bertz CT molecular complexity index is 329. The molecule has 0 saturated carbocycles. The van der Waals surface area contributed by atoms with Crippen LogP contribution in [0, 0.1) is 12.8 Å². The molecule has 0 aromatic heterocycles. The molecule has 0 aliphatic carbocycles. The Labute approximate surface area is 84.6 Å². The Kier molecular flexibility index (Phi) is 3.28. The highest BCUT2D eigenvalue weighted by Crippen LogP contribution is 2.26. The molecule has 1 unspecified atom stereocenters. The normalized spacial score (nSPS) is 12.9. The molecule has 2 nitrogen and oxygen atoms in total. The molecule has 0 fully saturated rings. The first-order chi connectivity index (χ1) is 6.54. The van der Waals surface area contributed by atoms with E-state index in [1.54, 1.807) is 0 Å². The van der Waals surface area contributed by atoms with Gasteiger partial charge in [0.2, 0.25) is 0 Å².